The first-order valence-corrected chi connectivity index (χ1v) is 11.1. The molecule has 0 saturated carbocycles. The van der Waals surface area contributed by atoms with E-state index < -0.39 is 11.6 Å². The van der Waals surface area contributed by atoms with Crippen molar-refractivity contribution in [2.45, 2.75) is 12.5 Å². The first-order valence-electron chi connectivity index (χ1n) is 11.1. The van der Waals surface area contributed by atoms with Crippen LogP contribution in [0.25, 0.3) is 0 Å². The number of carbonyl (C=O) groups excluding carboxylic acids is 2. The second kappa shape index (κ2) is 9.38. The van der Waals surface area contributed by atoms with Crippen molar-refractivity contribution in [2.24, 2.45) is 0 Å². The lowest BCUT2D eigenvalue weighted by atomic mass is 9.81. The fourth-order valence-corrected chi connectivity index (χ4v) is 4.44. The number of phenolic OH excluding ortho intramolecular Hbond substituents is 2. The zero-order chi connectivity index (χ0) is 23.7. The molecule has 0 aromatic heterocycles. The lowest BCUT2D eigenvalue weighted by Gasteiger charge is -2.25. The van der Waals surface area contributed by atoms with Gasteiger partial charge in [0.1, 0.15) is 11.5 Å². The molecular weight excluding hydrogens is 424 g/mol. The number of ketones is 2. The predicted octanol–water partition coefficient (Wildman–Crippen LogP) is 1.33. The van der Waals surface area contributed by atoms with Gasteiger partial charge in [-0.1, -0.05) is 0 Å². The number of fused-ring (bicyclic) bond motifs is 2. The van der Waals surface area contributed by atoms with E-state index >= 15 is 0 Å². The van der Waals surface area contributed by atoms with Gasteiger partial charge < -0.3 is 30.9 Å². The minimum absolute atomic E-state index is 0.175. The maximum Gasteiger partial charge on any atom is 0.200 e. The molecule has 0 radical (unpaired) electrons. The summed E-state index contributed by atoms with van der Waals surface area (Å²) in [6, 6.07) is 5.95. The highest BCUT2D eigenvalue weighted by molar-refractivity contribution is 6.33. The third-order valence-corrected chi connectivity index (χ3v) is 6.14. The summed E-state index contributed by atoms with van der Waals surface area (Å²) >= 11 is 0. The van der Waals surface area contributed by atoms with Crippen LogP contribution in [0.3, 0.4) is 0 Å². The molecule has 5 N–H and O–H groups in total. The Morgan fingerprint density at radius 1 is 0.909 bits per heavy atom. The van der Waals surface area contributed by atoms with Gasteiger partial charge in [0.25, 0.3) is 0 Å². The number of nitrogens with zero attached hydrogens (tertiary/aromatic N) is 2. The Labute approximate surface area is 192 Å². The Bertz CT molecular complexity index is 1090. The number of β-amino-alcohol motifs (C(OH)–C–C–N with tert-alkyl or cyclic N) is 1. The quantitative estimate of drug-likeness (QED) is 0.321. The molecule has 4 rings (SSSR count). The molecular formula is C24H30N4O5. The lowest BCUT2D eigenvalue weighted by Crippen LogP contribution is -2.29. The Morgan fingerprint density at radius 3 is 1.94 bits per heavy atom. The number of benzene rings is 2. The van der Waals surface area contributed by atoms with Gasteiger partial charge in [-0.05, 0) is 44.8 Å². The number of carbonyl (C=O) groups is 2. The molecule has 176 valence electrons. The minimum Gasteiger partial charge on any atom is -0.507 e. The van der Waals surface area contributed by atoms with Gasteiger partial charge in [0.15, 0.2) is 0 Å². The Kier molecular flexibility index (Phi) is 6.55. The first kappa shape index (κ1) is 23.0. The summed E-state index contributed by atoms with van der Waals surface area (Å²) in [6.45, 7) is 3.91. The van der Waals surface area contributed by atoms with Crippen molar-refractivity contribution in [3.8, 4) is 11.5 Å². The van der Waals surface area contributed by atoms with Crippen LogP contribution in [-0.2, 0) is 0 Å². The fraction of sp³-hybridized carbons (Fsp3) is 0.417. The maximum atomic E-state index is 13.5. The molecule has 1 fully saturated rings. The zero-order valence-electron chi connectivity index (χ0n) is 18.9. The van der Waals surface area contributed by atoms with Crippen molar-refractivity contribution >= 4 is 22.9 Å². The third-order valence-electron chi connectivity index (χ3n) is 6.14. The zero-order valence-corrected chi connectivity index (χ0v) is 18.9. The average molecular weight is 455 g/mol. The summed E-state index contributed by atoms with van der Waals surface area (Å²) in [6.07, 6.45) is 0.437. The number of likely N-dealkylation sites (N-methyl/N-ethyl adjacent to an activating group) is 1. The van der Waals surface area contributed by atoms with E-state index in [1.807, 2.05) is 19.0 Å². The fourth-order valence-electron chi connectivity index (χ4n) is 4.44. The van der Waals surface area contributed by atoms with Gasteiger partial charge in [0, 0.05) is 50.6 Å². The van der Waals surface area contributed by atoms with Crippen LogP contribution < -0.4 is 10.6 Å². The van der Waals surface area contributed by atoms with Gasteiger partial charge in [-0.15, -0.1) is 0 Å². The summed E-state index contributed by atoms with van der Waals surface area (Å²) in [5.74, 6) is -1.69. The number of aliphatic hydroxyl groups excluding tert-OH is 1. The second-order valence-corrected chi connectivity index (χ2v) is 8.82. The highest BCUT2D eigenvalue weighted by atomic mass is 16.3. The van der Waals surface area contributed by atoms with Crippen LogP contribution in [0.5, 0.6) is 11.5 Å². The molecule has 2 aliphatic rings. The molecule has 1 aliphatic heterocycles. The molecule has 33 heavy (non-hydrogen) atoms. The van der Waals surface area contributed by atoms with Crippen molar-refractivity contribution in [1.29, 1.82) is 0 Å². The smallest absolute Gasteiger partial charge is 0.200 e. The van der Waals surface area contributed by atoms with E-state index in [2.05, 4.69) is 15.5 Å². The number of nitrogens with one attached hydrogen (secondary N) is 2. The van der Waals surface area contributed by atoms with Gasteiger partial charge in [-0.25, -0.2) is 0 Å². The molecule has 1 saturated heterocycles. The molecule has 0 spiro atoms. The van der Waals surface area contributed by atoms with Crippen LogP contribution in [0.4, 0.5) is 11.4 Å². The molecule has 2 aromatic carbocycles. The highest BCUT2D eigenvalue weighted by Crippen LogP contribution is 2.42. The summed E-state index contributed by atoms with van der Waals surface area (Å²) in [7, 11) is 3.88. The van der Waals surface area contributed by atoms with E-state index in [9.17, 15) is 24.9 Å². The van der Waals surface area contributed by atoms with E-state index in [0.717, 1.165) is 19.5 Å². The number of aliphatic hydroxyl groups is 1. The van der Waals surface area contributed by atoms with Crippen molar-refractivity contribution in [3.63, 3.8) is 0 Å². The maximum absolute atomic E-state index is 13.5. The van der Waals surface area contributed by atoms with E-state index in [4.69, 9.17) is 0 Å². The Morgan fingerprint density at radius 2 is 1.45 bits per heavy atom. The number of hydrogen-bond donors (Lipinski definition) is 5. The Hall–Kier alpha value is -3.14. The van der Waals surface area contributed by atoms with Crippen molar-refractivity contribution < 1.29 is 24.9 Å². The molecule has 2 aromatic rings. The lowest BCUT2D eigenvalue weighted by molar-refractivity contribution is 0.0975. The van der Waals surface area contributed by atoms with E-state index in [0.29, 0.717) is 37.6 Å². The largest absolute Gasteiger partial charge is 0.507 e. The van der Waals surface area contributed by atoms with Gasteiger partial charge in [-0.3, -0.25) is 14.5 Å². The van der Waals surface area contributed by atoms with Crippen LogP contribution in [0.2, 0.25) is 0 Å². The topological polar surface area (TPSA) is 125 Å². The van der Waals surface area contributed by atoms with Crippen molar-refractivity contribution in [3.05, 3.63) is 46.5 Å². The van der Waals surface area contributed by atoms with Crippen LogP contribution in [0.15, 0.2) is 24.3 Å². The summed E-state index contributed by atoms with van der Waals surface area (Å²) in [5.41, 5.74) is 1.02. The van der Waals surface area contributed by atoms with E-state index in [1.54, 1.807) is 12.1 Å². The monoisotopic (exact) mass is 454 g/mol. The predicted molar refractivity (Wildman–Crippen MR) is 126 cm³/mol. The average Bonchev–Trinajstić information content (AvgIpc) is 3.18. The number of rotatable bonds is 8. The van der Waals surface area contributed by atoms with Crippen LogP contribution in [0.1, 0.15) is 38.3 Å². The minimum atomic E-state index is -0.511. The van der Waals surface area contributed by atoms with Crippen molar-refractivity contribution in [2.75, 3.05) is 64.0 Å². The third kappa shape index (κ3) is 4.52. The standard InChI is InChI=1S/C24H30N4O5/c1-27(2)11-8-25-15-3-4-16(26-9-12-28-10-7-14(29)13-28)20-19(15)23(32)21-17(30)5-6-18(31)22(21)24(20)33/h3-6,14,25-26,29-31H,7-13H2,1-2H3. The highest BCUT2D eigenvalue weighted by Gasteiger charge is 2.38. The molecule has 1 atom stereocenters. The molecule has 9 heteroatoms. The molecule has 1 aliphatic carbocycles. The normalized spacial score (nSPS) is 17.9. The van der Waals surface area contributed by atoms with Gasteiger partial charge in [0.05, 0.1) is 28.4 Å². The Balaban J connectivity index is 1.69. The van der Waals surface area contributed by atoms with E-state index in [-0.39, 0.29) is 39.9 Å². The number of hydrogen-bond acceptors (Lipinski definition) is 9. The first-order chi connectivity index (χ1) is 15.8. The summed E-state index contributed by atoms with van der Waals surface area (Å²) in [5, 5.41) is 36.9. The van der Waals surface area contributed by atoms with Crippen LogP contribution in [-0.4, -0.2) is 96.2 Å². The number of aromatic hydroxyl groups is 2. The number of anilines is 2. The summed E-state index contributed by atoms with van der Waals surface area (Å²) < 4.78 is 0. The SMILES string of the molecule is CN(C)CCNc1ccc(NCCN2CCC(O)C2)c2c1C(=O)c1c(O)ccc(O)c1C2=O. The summed E-state index contributed by atoms with van der Waals surface area (Å²) in [4.78, 5) is 31.1. The molecule has 1 unspecified atom stereocenters. The van der Waals surface area contributed by atoms with Gasteiger partial charge >= 0.3 is 0 Å². The van der Waals surface area contributed by atoms with E-state index in [1.165, 1.54) is 12.1 Å². The number of likely N-dealkylation sites (tertiary alicyclic amines) is 1. The number of phenols is 2. The van der Waals surface area contributed by atoms with Gasteiger partial charge in [-0.2, -0.15) is 0 Å². The molecule has 1 heterocycles. The van der Waals surface area contributed by atoms with Crippen LogP contribution >= 0.6 is 0 Å². The van der Waals surface area contributed by atoms with Crippen molar-refractivity contribution in [1.82, 2.24) is 9.80 Å². The molecule has 0 amide bonds. The van der Waals surface area contributed by atoms with Gasteiger partial charge in [0.2, 0.25) is 11.6 Å². The molecule has 9 nitrogen and oxygen atoms in total. The second-order valence-electron chi connectivity index (χ2n) is 8.82. The van der Waals surface area contributed by atoms with Crippen LogP contribution in [0, 0.1) is 0 Å². The molecule has 0 bridgehead atoms.